The second-order valence-corrected chi connectivity index (χ2v) is 5.80. The minimum absolute atomic E-state index is 0.0209. The lowest BCUT2D eigenvalue weighted by Gasteiger charge is -2.20. The molecule has 0 fully saturated rings. The van der Waals surface area contributed by atoms with Crippen LogP contribution in [0, 0.1) is 5.92 Å². The molecule has 0 aliphatic rings. The maximum atomic E-state index is 12.2. The van der Waals surface area contributed by atoms with E-state index in [1.165, 1.54) is 6.33 Å². The Balaban J connectivity index is 1.85. The maximum Gasteiger partial charge on any atom is 0.220 e. The Labute approximate surface area is 131 Å². The lowest BCUT2D eigenvalue weighted by atomic mass is 9.98. The maximum absolute atomic E-state index is 12.2. The van der Waals surface area contributed by atoms with Crippen molar-refractivity contribution in [1.82, 2.24) is 25.1 Å². The number of hydrogen-bond acceptors (Lipinski definition) is 4. The number of nitrogens with one attached hydrogen (secondary N) is 1. The fourth-order valence-corrected chi connectivity index (χ4v) is 2.35. The molecule has 118 valence electrons. The summed E-state index contributed by atoms with van der Waals surface area (Å²) in [5, 5.41) is 7.15. The molecule has 22 heavy (non-hydrogen) atoms. The van der Waals surface area contributed by atoms with E-state index < -0.39 is 0 Å². The van der Waals surface area contributed by atoms with Gasteiger partial charge in [0.1, 0.15) is 12.7 Å². The number of aryl methyl sites for hydroxylation is 1. The summed E-state index contributed by atoms with van der Waals surface area (Å²) < 4.78 is 1.74. The predicted molar refractivity (Wildman–Crippen MR) is 83.8 cm³/mol. The van der Waals surface area contributed by atoms with Crippen LogP contribution in [0.4, 0.5) is 0 Å². The smallest absolute Gasteiger partial charge is 0.220 e. The molecular formula is C16H23N5O. The van der Waals surface area contributed by atoms with Crippen LogP contribution in [-0.2, 0) is 11.3 Å². The molecule has 0 aromatic carbocycles. The van der Waals surface area contributed by atoms with Crippen LogP contribution in [0.3, 0.4) is 0 Å². The number of nitrogens with zero attached hydrogens (tertiary/aromatic N) is 4. The summed E-state index contributed by atoms with van der Waals surface area (Å²) in [4.78, 5) is 20.2. The fraction of sp³-hybridized carbons (Fsp3) is 0.500. The van der Waals surface area contributed by atoms with Gasteiger partial charge >= 0.3 is 0 Å². The molecule has 0 unspecified atom stereocenters. The predicted octanol–water partition coefficient (Wildman–Crippen LogP) is 2.36. The first-order valence-corrected chi connectivity index (χ1v) is 7.67. The highest BCUT2D eigenvalue weighted by molar-refractivity contribution is 5.76. The number of hydrogen-bond donors (Lipinski definition) is 1. The van der Waals surface area contributed by atoms with Crippen molar-refractivity contribution < 1.29 is 4.79 Å². The molecule has 0 spiro atoms. The topological polar surface area (TPSA) is 72.7 Å². The summed E-state index contributed by atoms with van der Waals surface area (Å²) in [6, 6.07) is 3.93. The minimum Gasteiger partial charge on any atom is -0.349 e. The molecule has 1 atom stereocenters. The van der Waals surface area contributed by atoms with Crippen LogP contribution in [-0.4, -0.2) is 25.7 Å². The molecule has 0 aliphatic heterocycles. The van der Waals surface area contributed by atoms with Gasteiger partial charge < -0.3 is 5.32 Å². The highest BCUT2D eigenvalue weighted by Crippen LogP contribution is 2.20. The van der Waals surface area contributed by atoms with E-state index in [2.05, 4.69) is 34.2 Å². The molecule has 0 aliphatic carbocycles. The highest BCUT2D eigenvalue weighted by atomic mass is 16.1. The van der Waals surface area contributed by atoms with Crippen molar-refractivity contribution in [2.75, 3.05) is 0 Å². The third kappa shape index (κ3) is 5.27. The zero-order chi connectivity index (χ0) is 15.8. The van der Waals surface area contributed by atoms with Crippen LogP contribution in [0.25, 0.3) is 0 Å². The van der Waals surface area contributed by atoms with Gasteiger partial charge in [0.05, 0.1) is 6.04 Å². The third-order valence-corrected chi connectivity index (χ3v) is 3.39. The van der Waals surface area contributed by atoms with E-state index in [0.717, 1.165) is 18.4 Å². The molecule has 0 saturated heterocycles. The van der Waals surface area contributed by atoms with Gasteiger partial charge in [0, 0.05) is 25.4 Å². The molecular weight excluding hydrogens is 278 g/mol. The number of aromatic nitrogens is 4. The zero-order valence-corrected chi connectivity index (χ0v) is 13.1. The van der Waals surface area contributed by atoms with Crippen LogP contribution in [0.2, 0.25) is 0 Å². The van der Waals surface area contributed by atoms with E-state index in [9.17, 15) is 4.79 Å². The van der Waals surface area contributed by atoms with Gasteiger partial charge in [-0.1, -0.05) is 19.9 Å². The number of amides is 1. The lowest BCUT2D eigenvalue weighted by Crippen LogP contribution is -2.29. The minimum atomic E-state index is 0.0209. The summed E-state index contributed by atoms with van der Waals surface area (Å²) in [6.07, 6.45) is 8.86. The van der Waals surface area contributed by atoms with Crippen molar-refractivity contribution in [3.63, 3.8) is 0 Å². The molecule has 6 nitrogen and oxygen atoms in total. The normalized spacial score (nSPS) is 12.3. The molecule has 2 aromatic heterocycles. The second kappa shape index (κ2) is 8.26. The monoisotopic (exact) mass is 301 g/mol. The molecule has 0 bridgehead atoms. The van der Waals surface area contributed by atoms with Gasteiger partial charge in [0.2, 0.25) is 5.91 Å². The number of rotatable bonds is 8. The fourth-order valence-electron chi connectivity index (χ4n) is 2.35. The van der Waals surface area contributed by atoms with Crippen LogP contribution in [0.15, 0.2) is 37.2 Å². The molecule has 0 radical (unpaired) electrons. The summed E-state index contributed by atoms with van der Waals surface area (Å²) in [5.74, 6) is 0.565. The van der Waals surface area contributed by atoms with Crippen molar-refractivity contribution in [3.05, 3.63) is 42.7 Å². The van der Waals surface area contributed by atoms with Gasteiger partial charge in [-0.3, -0.25) is 14.5 Å². The quantitative estimate of drug-likeness (QED) is 0.812. The Kier molecular flexibility index (Phi) is 6.06. The van der Waals surface area contributed by atoms with Gasteiger partial charge in [-0.05, 0) is 30.4 Å². The SMILES string of the molecule is CC(C)C[C@@H](NC(=O)CCCn1cncn1)c1cccnc1. The third-order valence-electron chi connectivity index (χ3n) is 3.39. The molecule has 0 saturated carbocycles. The molecule has 2 aromatic rings. The van der Waals surface area contributed by atoms with Crippen LogP contribution < -0.4 is 5.32 Å². The highest BCUT2D eigenvalue weighted by Gasteiger charge is 2.16. The van der Waals surface area contributed by atoms with E-state index >= 15 is 0 Å². The van der Waals surface area contributed by atoms with Gasteiger partial charge in [0.25, 0.3) is 0 Å². The first-order valence-electron chi connectivity index (χ1n) is 7.67. The van der Waals surface area contributed by atoms with E-state index in [-0.39, 0.29) is 11.9 Å². The molecule has 6 heteroatoms. The number of pyridine rings is 1. The Bertz CT molecular complexity index is 553. The first kappa shape index (κ1) is 16.1. The average molecular weight is 301 g/mol. The second-order valence-electron chi connectivity index (χ2n) is 5.80. The standard InChI is InChI=1S/C16H23N5O/c1-13(2)9-15(14-5-3-7-17-10-14)20-16(22)6-4-8-21-12-18-11-19-21/h3,5,7,10-13,15H,4,6,8-9H2,1-2H3,(H,20,22)/t15-/m1/s1. The number of carbonyl (C=O) groups is 1. The zero-order valence-electron chi connectivity index (χ0n) is 13.1. The van der Waals surface area contributed by atoms with Gasteiger partial charge in [0.15, 0.2) is 0 Å². The van der Waals surface area contributed by atoms with E-state index in [1.807, 2.05) is 18.3 Å². The van der Waals surface area contributed by atoms with Crippen molar-refractivity contribution in [2.45, 2.75) is 45.7 Å². The molecule has 1 amide bonds. The Morgan fingerprint density at radius 3 is 2.86 bits per heavy atom. The van der Waals surface area contributed by atoms with Crippen LogP contribution >= 0.6 is 0 Å². The Morgan fingerprint density at radius 1 is 1.36 bits per heavy atom. The summed E-state index contributed by atoms with van der Waals surface area (Å²) >= 11 is 0. The molecule has 1 N–H and O–H groups in total. The summed E-state index contributed by atoms with van der Waals surface area (Å²) in [6.45, 7) is 5.01. The van der Waals surface area contributed by atoms with Crippen LogP contribution in [0.1, 0.15) is 44.7 Å². The van der Waals surface area contributed by atoms with Gasteiger partial charge in [-0.25, -0.2) is 4.98 Å². The summed E-state index contributed by atoms with van der Waals surface area (Å²) in [7, 11) is 0. The summed E-state index contributed by atoms with van der Waals surface area (Å²) in [5.41, 5.74) is 1.06. The average Bonchev–Trinajstić information content (AvgIpc) is 3.00. The Morgan fingerprint density at radius 2 is 2.23 bits per heavy atom. The number of carbonyl (C=O) groups excluding carboxylic acids is 1. The van der Waals surface area contributed by atoms with Crippen molar-refractivity contribution >= 4 is 5.91 Å². The Hall–Kier alpha value is -2.24. The van der Waals surface area contributed by atoms with Crippen molar-refractivity contribution in [1.29, 1.82) is 0 Å². The molecule has 2 heterocycles. The molecule has 2 rings (SSSR count). The van der Waals surface area contributed by atoms with Crippen LogP contribution in [0.5, 0.6) is 0 Å². The van der Waals surface area contributed by atoms with Gasteiger partial charge in [-0.2, -0.15) is 5.10 Å². The van der Waals surface area contributed by atoms with E-state index in [4.69, 9.17) is 0 Å². The van der Waals surface area contributed by atoms with Crippen molar-refractivity contribution in [2.24, 2.45) is 5.92 Å². The van der Waals surface area contributed by atoms with Crippen molar-refractivity contribution in [3.8, 4) is 0 Å². The van der Waals surface area contributed by atoms with E-state index in [1.54, 1.807) is 17.2 Å². The first-order chi connectivity index (χ1) is 10.6. The van der Waals surface area contributed by atoms with E-state index in [0.29, 0.717) is 18.9 Å². The van der Waals surface area contributed by atoms with Gasteiger partial charge in [-0.15, -0.1) is 0 Å². The largest absolute Gasteiger partial charge is 0.349 e. The lowest BCUT2D eigenvalue weighted by molar-refractivity contribution is -0.122.